The minimum atomic E-state index is -0.483. The van der Waals surface area contributed by atoms with E-state index in [1.165, 1.54) is 10.8 Å². The molecule has 0 saturated carbocycles. The molecule has 19 aromatic carbocycles. The van der Waals surface area contributed by atoms with E-state index < -0.39 is 6.71 Å². The quantitative estimate of drug-likeness (QED) is 0.149. The van der Waals surface area contributed by atoms with Crippen molar-refractivity contribution in [3.63, 3.8) is 0 Å². The van der Waals surface area contributed by atoms with E-state index in [-0.39, 0.29) is 0 Å². The fourth-order valence-corrected chi connectivity index (χ4v) is 20.8. The third-order valence-electron chi connectivity index (χ3n) is 25.9. The van der Waals surface area contributed by atoms with Crippen LogP contribution in [0.2, 0.25) is 0 Å². The Kier molecular flexibility index (Phi) is 14.9. The van der Waals surface area contributed by atoms with Crippen LogP contribution in [0.25, 0.3) is 171 Å². The minimum absolute atomic E-state index is 0.483. The summed E-state index contributed by atoms with van der Waals surface area (Å²) in [6.45, 7) is -0.483. The molecule has 0 fully saturated rings. The first-order valence-corrected chi connectivity index (χ1v) is 42.0. The lowest BCUT2D eigenvalue weighted by molar-refractivity contribution is 0.487. The molecule has 0 amide bonds. The topological polar surface area (TPSA) is 39.7 Å². The molecule has 7 nitrogen and oxygen atoms in total. The summed E-state index contributed by atoms with van der Waals surface area (Å²) in [5.41, 5.74) is 35.7. The first-order chi connectivity index (χ1) is 60.6. The second-order valence-corrected chi connectivity index (χ2v) is 32.5. The lowest BCUT2D eigenvalue weighted by Gasteiger charge is -2.47. The van der Waals surface area contributed by atoms with E-state index in [0.717, 1.165) is 234 Å². The molecule has 26 rings (SSSR count). The first-order valence-electron chi connectivity index (χ1n) is 42.0. The number of para-hydroxylation sites is 10. The van der Waals surface area contributed by atoms with Crippen molar-refractivity contribution >= 4 is 123 Å². The van der Waals surface area contributed by atoms with E-state index in [1.54, 1.807) is 0 Å². The molecular weight excluding hydrogens is 1480 g/mol. The van der Waals surface area contributed by atoms with Crippen LogP contribution in [-0.4, -0.2) is 20.4 Å². The maximum absolute atomic E-state index is 8.00. The number of rotatable bonds is 7. The van der Waals surface area contributed by atoms with Gasteiger partial charge in [0.1, 0.15) is 23.0 Å². The second kappa shape index (κ2) is 26.7. The van der Waals surface area contributed by atoms with Crippen molar-refractivity contribution in [1.29, 1.82) is 0 Å². The molecule has 0 atom stereocenters. The highest BCUT2D eigenvalue weighted by molar-refractivity contribution is 7.00. The fourth-order valence-electron chi connectivity index (χ4n) is 20.8. The molecule has 0 aliphatic carbocycles. The number of nitrogens with zero attached hydrogens (tertiary/aromatic N) is 5. The summed E-state index contributed by atoms with van der Waals surface area (Å²) < 4.78 is 23.4. The normalized spacial score (nSPS) is 12.7. The molecule has 8 heteroatoms. The maximum Gasteiger partial charge on any atom is 0.252 e. The monoisotopic (exact) mass is 1550 g/mol. The SMILES string of the molecule is c1ccc(-c2cc3c4c(c2)-c2ccccc2Oc2cc5c6ccccc6n(-c6ccccc6)c5cc2-c2cccc(-c5ccccc5)c2N4c2cc(-n4c5ccccc5c5ccccc54)cc4c2B3c2cc(-c3ccccc3)cc3c2N4c2c(-c4ccccc4)cccc2-c2cc4c(cc2Oc2ccccc2-3)c2ccccc2n4-c2ccccc2)cc1. The Hall–Kier alpha value is -16.2. The fraction of sp³-hybridized carbons (Fsp3) is 0. The zero-order valence-electron chi connectivity index (χ0n) is 66.0. The molecule has 22 aromatic rings. The van der Waals surface area contributed by atoms with Gasteiger partial charge in [0, 0.05) is 122 Å². The number of ether oxygens (including phenoxy) is 2. The summed E-state index contributed by atoms with van der Waals surface area (Å²) in [7, 11) is 0. The standard InChI is InChI=1S/C114H70BN5O2/c1-7-33-71(34-8-1)75-61-94-86-49-23-29-59-106(86)121-108-69-90-84-47-21-27-57-100(84)116(77-41-15-5-16-42-77)102(90)67-92(108)88-53-31-51-80(73-37-11-3-12-38-73)111(88)119-104-65-79(118-98-55-25-19-45-82(98)83-46-20-26-56-99(83)118)66-105-110(104)115(96(63-75)113(94)119)97-64-76(72-35-9-2-10-36-72)62-95-87-50-24-30-60-107(87)122-109-70-91-85-48-22-28-58-101(85)117(78-43-17-6-18-44-78)103(91)68-93(109)89-54-32-52-81(74-39-13-4-14-40-74)112(89)120(105)114(95)97/h1-70H. The van der Waals surface area contributed by atoms with Gasteiger partial charge in [0.2, 0.25) is 0 Å². The Morgan fingerprint density at radius 2 is 0.500 bits per heavy atom. The predicted octanol–water partition coefficient (Wildman–Crippen LogP) is 28.6. The Morgan fingerprint density at radius 3 is 0.902 bits per heavy atom. The van der Waals surface area contributed by atoms with Gasteiger partial charge in [-0.2, -0.15) is 0 Å². The van der Waals surface area contributed by atoms with Gasteiger partial charge in [-0.1, -0.05) is 315 Å². The van der Waals surface area contributed by atoms with Crippen molar-refractivity contribution in [1.82, 2.24) is 13.7 Å². The molecular formula is C114H70BN5O2. The van der Waals surface area contributed by atoms with Gasteiger partial charge < -0.3 is 33.0 Å². The smallest absolute Gasteiger partial charge is 0.252 e. The van der Waals surface area contributed by atoms with Crippen molar-refractivity contribution in [2.45, 2.75) is 0 Å². The van der Waals surface area contributed by atoms with Crippen LogP contribution < -0.4 is 35.7 Å². The molecule has 122 heavy (non-hydrogen) atoms. The molecule has 0 bridgehead atoms. The minimum Gasteiger partial charge on any atom is -0.456 e. The third-order valence-corrected chi connectivity index (χ3v) is 25.9. The van der Waals surface area contributed by atoms with Gasteiger partial charge in [0.15, 0.2) is 0 Å². The molecule has 566 valence electrons. The van der Waals surface area contributed by atoms with Gasteiger partial charge in [0.05, 0.1) is 50.2 Å². The first kappa shape index (κ1) is 68.0. The van der Waals surface area contributed by atoms with E-state index in [2.05, 4.69) is 448 Å². The Bertz CT molecular complexity index is 7670. The summed E-state index contributed by atoms with van der Waals surface area (Å²) in [6.07, 6.45) is 0. The highest BCUT2D eigenvalue weighted by Gasteiger charge is 2.49. The van der Waals surface area contributed by atoms with Gasteiger partial charge in [-0.3, -0.25) is 0 Å². The molecule has 7 heterocycles. The third kappa shape index (κ3) is 10.1. The van der Waals surface area contributed by atoms with Crippen LogP contribution in [-0.2, 0) is 0 Å². The lowest BCUT2D eigenvalue weighted by atomic mass is 9.32. The van der Waals surface area contributed by atoms with Crippen LogP contribution in [0, 0.1) is 0 Å². The van der Waals surface area contributed by atoms with E-state index >= 15 is 0 Å². The molecule has 0 spiro atoms. The van der Waals surface area contributed by atoms with Gasteiger partial charge in [-0.25, -0.2) is 0 Å². The van der Waals surface area contributed by atoms with Crippen LogP contribution >= 0.6 is 0 Å². The van der Waals surface area contributed by atoms with Crippen LogP contribution in [0.15, 0.2) is 425 Å². The molecule has 0 unspecified atom stereocenters. The average Bonchev–Trinajstić information content (AvgIpc) is 0.733. The Labute approximate surface area is 704 Å². The maximum atomic E-state index is 8.00. The van der Waals surface area contributed by atoms with E-state index in [1.807, 2.05) is 0 Å². The van der Waals surface area contributed by atoms with Crippen molar-refractivity contribution in [3.8, 4) is 129 Å². The van der Waals surface area contributed by atoms with Gasteiger partial charge in [-0.05, 0) is 159 Å². The van der Waals surface area contributed by atoms with E-state index in [0.29, 0.717) is 0 Å². The zero-order valence-corrected chi connectivity index (χ0v) is 66.0. The van der Waals surface area contributed by atoms with Crippen LogP contribution in [0.5, 0.6) is 23.0 Å². The van der Waals surface area contributed by atoms with Crippen LogP contribution in [0.1, 0.15) is 0 Å². The number of fused-ring (bicyclic) bond motifs is 25. The van der Waals surface area contributed by atoms with Gasteiger partial charge in [0.25, 0.3) is 6.71 Å². The average molecular weight is 1550 g/mol. The molecule has 3 aromatic heterocycles. The highest BCUT2D eigenvalue weighted by atomic mass is 16.5. The summed E-state index contributed by atoms with van der Waals surface area (Å²) in [5.74, 6) is 2.96. The molecule has 4 aliphatic rings. The number of hydrogen-bond donors (Lipinski definition) is 0. The van der Waals surface area contributed by atoms with E-state index in [9.17, 15) is 0 Å². The summed E-state index contributed by atoms with van der Waals surface area (Å²) in [5, 5.41) is 6.78. The van der Waals surface area contributed by atoms with Crippen molar-refractivity contribution in [2.75, 3.05) is 9.80 Å². The molecule has 4 aliphatic heterocycles. The van der Waals surface area contributed by atoms with Crippen LogP contribution in [0.4, 0.5) is 34.1 Å². The van der Waals surface area contributed by atoms with Gasteiger partial charge in [-0.15, -0.1) is 0 Å². The van der Waals surface area contributed by atoms with Crippen molar-refractivity contribution in [3.05, 3.63) is 425 Å². The highest BCUT2D eigenvalue weighted by Crippen LogP contribution is 2.61. The molecule has 0 radical (unpaired) electrons. The lowest BCUT2D eigenvalue weighted by Crippen LogP contribution is -2.62. The molecule has 0 saturated heterocycles. The van der Waals surface area contributed by atoms with Crippen LogP contribution in [0.3, 0.4) is 0 Å². The summed E-state index contributed by atoms with van der Waals surface area (Å²) >= 11 is 0. The Morgan fingerprint density at radius 1 is 0.180 bits per heavy atom. The Balaban J connectivity index is 0.893. The zero-order chi connectivity index (χ0) is 79.8. The summed E-state index contributed by atoms with van der Waals surface area (Å²) in [6, 6.07) is 158. The van der Waals surface area contributed by atoms with Gasteiger partial charge >= 0.3 is 0 Å². The van der Waals surface area contributed by atoms with Crippen molar-refractivity contribution < 1.29 is 9.47 Å². The number of hydrogen-bond acceptors (Lipinski definition) is 4. The number of benzene rings is 19. The van der Waals surface area contributed by atoms with Crippen molar-refractivity contribution in [2.24, 2.45) is 0 Å². The number of anilines is 6. The molecule has 0 N–H and O–H groups in total. The second-order valence-electron chi connectivity index (χ2n) is 32.5. The summed E-state index contributed by atoms with van der Waals surface area (Å²) in [4.78, 5) is 5.48. The van der Waals surface area contributed by atoms with E-state index in [4.69, 9.17) is 9.47 Å². The predicted molar refractivity (Wildman–Crippen MR) is 507 cm³/mol. The largest absolute Gasteiger partial charge is 0.456 e. The number of aromatic nitrogens is 3.